The van der Waals surface area contributed by atoms with Gasteiger partial charge in [0.25, 0.3) is 5.91 Å². The molecular formula is C31H52N6O7S. The van der Waals surface area contributed by atoms with Crippen molar-refractivity contribution in [2.24, 2.45) is 28.9 Å². The molecule has 0 aromatic rings. The first kappa shape index (κ1) is 35.1. The molecule has 0 bridgehead atoms. The molecule has 5 N–H and O–H groups in total. The Morgan fingerprint density at radius 1 is 0.889 bits per heavy atom. The van der Waals surface area contributed by atoms with E-state index in [0.29, 0.717) is 32.4 Å². The third-order valence-electron chi connectivity index (χ3n) is 10.0. The van der Waals surface area contributed by atoms with Gasteiger partial charge in [-0.3, -0.25) is 19.2 Å². The van der Waals surface area contributed by atoms with Gasteiger partial charge < -0.3 is 26.6 Å². The summed E-state index contributed by atoms with van der Waals surface area (Å²) in [5.74, 6) is -2.77. The highest BCUT2D eigenvalue weighted by molar-refractivity contribution is 7.89. The van der Waals surface area contributed by atoms with Crippen molar-refractivity contribution in [3.8, 4) is 0 Å². The van der Waals surface area contributed by atoms with Gasteiger partial charge in [0.05, 0.1) is 11.8 Å². The molecular weight excluding hydrogens is 600 g/mol. The summed E-state index contributed by atoms with van der Waals surface area (Å²) in [6, 6.07) is -3.83. The van der Waals surface area contributed by atoms with Crippen LogP contribution in [-0.4, -0.2) is 96.7 Å². The maximum absolute atomic E-state index is 14.3. The maximum atomic E-state index is 14.3. The van der Waals surface area contributed by atoms with E-state index in [2.05, 4.69) is 16.0 Å². The molecule has 254 valence electrons. The summed E-state index contributed by atoms with van der Waals surface area (Å²) < 4.78 is 26.4. The summed E-state index contributed by atoms with van der Waals surface area (Å²) in [5.41, 5.74) is 4.81. The Balaban J connectivity index is 1.50. The summed E-state index contributed by atoms with van der Waals surface area (Å²) in [6.45, 7) is 8.53. The Kier molecular flexibility index (Phi) is 11.2. The van der Waals surface area contributed by atoms with E-state index in [1.165, 1.54) is 9.21 Å². The van der Waals surface area contributed by atoms with Crippen LogP contribution in [0.25, 0.3) is 0 Å². The van der Waals surface area contributed by atoms with Crippen molar-refractivity contribution in [2.45, 2.75) is 116 Å². The lowest BCUT2D eigenvalue weighted by molar-refractivity contribution is -0.143. The number of hydrogen-bond donors (Lipinski definition) is 4. The third-order valence-corrected chi connectivity index (χ3v) is 11.9. The minimum atomic E-state index is -3.37. The number of nitrogens with two attached hydrogens (primary N) is 1. The highest BCUT2D eigenvalue weighted by Gasteiger charge is 2.45. The Morgan fingerprint density at radius 3 is 2.11 bits per heavy atom. The number of amides is 5. The van der Waals surface area contributed by atoms with E-state index in [1.54, 1.807) is 0 Å². The zero-order chi connectivity index (χ0) is 33.1. The molecule has 4 aliphatic rings. The van der Waals surface area contributed by atoms with E-state index in [9.17, 15) is 32.4 Å². The highest BCUT2D eigenvalue weighted by atomic mass is 32.2. The fourth-order valence-corrected chi connectivity index (χ4v) is 8.48. The quantitative estimate of drug-likeness (QED) is 0.228. The summed E-state index contributed by atoms with van der Waals surface area (Å²) in [6.07, 6.45) is 7.69. The number of Topliss-reactive ketones (excluding diaryl/α,β-unsaturated/α-hetero) is 1. The van der Waals surface area contributed by atoms with Crippen LogP contribution in [0.3, 0.4) is 0 Å². The van der Waals surface area contributed by atoms with E-state index >= 15 is 0 Å². The SMILES string of the molecule is CC1CCN(C(=O)[C@@H](NC(=O)N[C@H](CN2CCCS2(=O)=O)C(C)(C)C)C2CCCCC2)[C@@H]1C(=O)NC(CC1CC1)C(=O)C(N)=O. The summed E-state index contributed by atoms with van der Waals surface area (Å²) >= 11 is 0. The van der Waals surface area contributed by atoms with Gasteiger partial charge in [0, 0.05) is 25.7 Å². The molecule has 5 atom stereocenters. The lowest BCUT2D eigenvalue weighted by Crippen LogP contribution is -2.61. The van der Waals surface area contributed by atoms with Gasteiger partial charge in [0.2, 0.25) is 27.6 Å². The van der Waals surface area contributed by atoms with Gasteiger partial charge in [-0.2, -0.15) is 4.31 Å². The van der Waals surface area contributed by atoms with Crippen LogP contribution in [0.2, 0.25) is 0 Å². The average Bonchev–Trinajstić information content (AvgIpc) is 3.61. The number of nitrogens with one attached hydrogen (secondary N) is 3. The minimum Gasteiger partial charge on any atom is -0.363 e. The number of rotatable bonds is 12. The fraction of sp³-hybridized carbons (Fsp3) is 0.839. The molecule has 2 heterocycles. The van der Waals surface area contributed by atoms with Gasteiger partial charge in [-0.15, -0.1) is 0 Å². The minimum absolute atomic E-state index is 0.0926. The number of primary amides is 1. The third kappa shape index (κ3) is 8.96. The molecule has 14 heteroatoms. The van der Waals surface area contributed by atoms with E-state index in [1.807, 2.05) is 27.7 Å². The molecule has 4 rings (SSSR count). The van der Waals surface area contributed by atoms with Gasteiger partial charge in [0.1, 0.15) is 12.1 Å². The van der Waals surface area contributed by atoms with Gasteiger partial charge in [-0.25, -0.2) is 13.2 Å². The second-order valence-corrected chi connectivity index (χ2v) is 16.7. The second-order valence-electron chi connectivity index (χ2n) is 14.7. The van der Waals surface area contributed by atoms with E-state index in [0.717, 1.165) is 44.9 Å². The Hall–Kier alpha value is -2.74. The van der Waals surface area contributed by atoms with Crippen LogP contribution in [0.4, 0.5) is 4.79 Å². The smallest absolute Gasteiger partial charge is 0.315 e. The Labute approximate surface area is 267 Å². The van der Waals surface area contributed by atoms with Crippen molar-refractivity contribution in [3.05, 3.63) is 0 Å². The van der Waals surface area contributed by atoms with Crippen LogP contribution in [-0.2, 0) is 29.2 Å². The zero-order valence-corrected chi connectivity index (χ0v) is 28.0. The molecule has 2 saturated heterocycles. The molecule has 2 saturated carbocycles. The molecule has 4 fully saturated rings. The van der Waals surface area contributed by atoms with Crippen LogP contribution in [0.5, 0.6) is 0 Å². The predicted molar refractivity (Wildman–Crippen MR) is 168 cm³/mol. The van der Waals surface area contributed by atoms with Crippen molar-refractivity contribution in [1.29, 1.82) is 0 Å². The van der Waals surface area contributed by atoms with Crippen molar-refractivity contribution in [1.82, 2.24) is 25.2 Å². The van der Waals surface area contributed by atoms with Crippen LogP contribution in [0.1, 0.15) is 91.9 Å². The van der Waals surface area contributed by atoms with Crippen molar-refractivity contribution in [2.75, 3.05) is 25.4 Å². The van der Waals surface area contributed by atoms with Crippen molar-refractivity contribution < 1.29 is 32.4 Å². The van der Waals surface area contributed by atoms with E-state index < -0.39 is 63.2 Å². The predicted octanol–water partition coefficient (Wildman–Crippen LogP) is 1.26. The van der Waals surface area contributed by atoms with Gasteiger partial charge >= 0.3 is 6.03 Å². The molecule has 45 heavy (non-hydrogen) atoms. The standard InChI is InChI=1S/C31H52N6O7S/c1-19-13-15-37(25(19)28(40)33-22(17-20-11-12-20)26(38)27(32)39)29(41)24(21-9-6-5-7-10-21)35-30(42)34-23(31(2,3)4)18-36-14-8-16-45(36,43)44/h19-25H,5-18H2,1-4H3,(H2,32,39)(H,33,40)(H2,34,35,42)/t19?,22?,23-,24+,25+/m1/s1. The molecule has 0 spiro atoms. The zero-order valence-electron chi connectivity index (χ0n) is 27.2. The second kappa shape index (κ2) is 14.4. The summed E-state index contributed by atoms with van der Waals surface area (Å²) in [4.78, 5) is 67.2. The number of carbonyl (C=O) groups is 5. The maximum Gasteiger partial charge on any atom is 0.315 e. The molecule has 13 nitrogen and oxygen atoms in total. The van der Waals surface area contributed by atoms with Crippen LogP contribution >= 0.6 is 0 Å². The number of likely N-dealkylation sites (tertiary alicyclic amines) is 1. The van der Waals surface area contributed by atoms with Gasteiger partial charge in [-0.05, 0) is 55.3 Å². The lowest BCUT2D eigenvalue weighted by atomic mass is 9.83. The molecule has 0 aromatic heterocycles. The first-order valence-corrected chi connectivity index (χ1v) is 18.2. The summed E-state index contributed by atoms with van der Waals surface area (Å²) in [5, 5.41) is 8.64. The van der Waals surface area contributed by atoms with Crippen molar-refractivity contribution >= 4 is 39.6 Å². The molecule has 5 amide bonds. The number of carbonyl (C=O) groups excluding carboxylic acids is 5. The first-order chi connectivity index (χ1) is 21.1. The monoisotopic (exact) mass is 652 g/mol. The molecule has 2 aliphatic heterocycles. The number of nitrogens with zero attached hydrogens (tertiary/aromatic N) is 2. The topological polar surface area (TPSA) is 188 Å². The fourth-order valence-electron chi connectivity index (χ4n) is 6.95. The van der Waals surface area contributed by atoms with Crippen LogP contribution in [0.15, 0.2) is 0 Å². The molecule has 0 aromatic carbocycles. The van der Waals surface area contributed by atoms with Gasteiger partial charge in [0.15, 0.2) is 0 Å². The Morgan fingerprint density at radius 2 is 1.56 bits per heavy atom. The lowest BCUT2D eigenvalue weighted by Gasteiger charge is -2.37. The largest absolute Gasteiger partial charge is 0.363 e. The van der Waals surface area contributed by atoms with Crippen LogP contribution in [0, 0.1) is 23.2 Å². The number of ketones is 1. The number of sulfonamides is 1. The van der Waals surface area contributed by atoms with E-state index in [4.69, 9.17) is 5.73 Å². The average molecular weight is 653 g/mol. The normalized spacial score (nSPS) is 26.1. The molecule has 0 radical (unpaired) electrons. The van der Waals surface area contributed by atoms with Crippen LogP contribution < -0.4 is 21.7 Å². The summed E-state index contributed by atoms with van der Waals surface area (Å²) in [7, 11) is -3.37. The first-order valence-electron chi connectivity index (χ1n) is 16.6. The highest BCUT2D eigenvalue weighted by Crippen LogP contribution is 2.35. The van der Waals surface area contributed by atoms with Crippen molar-refractivity contribution in [3.63, 3.8) is 0 Å². The number of urea groups is 1. The number of hydrogen-bond acceptors (Lipinski definition) is 7. The van der Waals surface area contributed by atoms with Gasteiger partial charge in [-0.1, -0.05) is 59.8 Å². The van der Waals surface area contributed by atoms with E-state index in [-0.39, 0.29) is 36.0 Å². The molecule has 2 unspecified atom stereocenters. The molecule has 2 aliphatic carbocycles. The Bertz CT molecular complexity index is 1240.